The number of carbonyl (C=O) groups is 2. The minimum absolute atomic E-state index is 0.103. The van der Waals surface area contributed by atoms with Gasteiger partial charge in [-0.15, -0.1) is 0 Å². The van der Waals surface area contributed by atoms with Crippen molar-refractivity contribution in [3.8, 4) is 11.3 Å². The summed E-state index contributed by atoms with van der Waals surface area (Å²) in [6, 6.07) is 13.4. The van der Waals surface area contributed by atoms with E-state index in [0.717, 1.165) is 51.5 Å². The number of nitrogens with zero attached hydrogens (tertiary/aromatic N) is 3. The Balaban J connectivity index is 1.35. The lowest BCUT2D eigenvalue weighted by Gasteiger charge is -2.09. The molecule has 0 saturated carbocycles. The molecule has 5 rings (SSSR count). The summed E-state index contributed by atoms with van der Waals surface area (Å²) in [6.45, 7) is 2.24. The molecule has 0 aliphatic carbocycles. The number of thiazole rings is 1. The van der Waals surface area contributed by atoms with Gasteiger partial charge in [-0.1, -0.05) is 23.5 Å². The highest BCUT2D eigenvalue weighted by Crippen LogP contribution is 2.31. The van der Waals surface area contributed by atoms with Crippen molar-refractivity contribution in [1.82, 2.24) is 19.6 Å². The van der Waals surface area contributed by atoms with Gasteiger partial charge in [0.2, 0.25) is 0 Å². The first-order valence-corrected chi connectivity index (χ1v) is 11.8. The number of Topliss-reactive ketones (excluding diaryl/α,β-unsaturated/α-hetero) is 1. The van der Waals surface area contributed by atoms with E-state index in [4.69, 9.17) is 4.98 Å². The lowest BCUT2D eigenvalue weighted by molar-refractivity contribution is 0.0959. The van der Waals surface area contributed by atoms with Crippen LogP contribution in [0.15, 0.2) is 48.7 Å². The van der Waals surface area contributed by atoms with Gasteiger partial charge in [0.1, 0.15) is 0 Å². The molecule has 0 radical (unpaired) electrons. The number of amides is 1. The lowest BCUT2D eigenvalue weighted by atomic mass is 9.98. The van der Waals surface area contributed by atoms with Crippen molar-refractivity contribution in [3.05, 3.63) is 59.8 Å². The van der Waals surface area contributed by atoms with Crippen molar-refractivity contribution in [3.63, 3.8) is 0 Å². The summed E-state index contributed by atoms with van der Waals surface area (Å²) in [4.78, 5) is 32.5. The Bertz CT molecular complexity index is 1300. The number of aromatic nitrogens is 2. The van der Waals surface area contributed by atoms with E-state index in [1.165, 1.54) is 6.42 Å². The number of likely N-dealkylation sites (tertiary alicyclic amines) is 1. The molecule has 3 heterocycles. The molecular formula is C25H26N4O2S. The summed E-state index contributed by atoms with van der Waals surface area (Å²) >= 11 is 1.59. The van der Waals surface area contributed by atoms with Crippen LogP contribution in [0.1, 0.15) is 40.0 Å². The fourth-order valence-electron chi connectivity index (χ4n) is 4.49. The average molecular weight is 447 g/mol. The number of carbonyl (C=O) groups excluding carboxylic acids is 2. The standard InChI is InChI=1S/C25H26N4O2S/c1-26-24(31)18-6-4-17(5-7-18)20-15-29-21-9-8-19(13-23(21)32-25(29)27-20)22(30)10-3-16-11-12-28(2)14-16/h4-9,13,15-16H,3,10-12,14H2,1-2H3,(H,26,31). The fraction of sp³-hybridized carbons (Fsp3) is 0.320. The second-order valence-electron chi connectivity index (χ2n) is 8.60. The van der Waals surface area contributed by atoms with Crippen molar-refractivity contribution in [2.45, 2.75) is 19.3 Å². The molecule has 1 fully saturated rings. The normalized spacial score (nSPS) is 16.8. The predicted molar refractivity (Wildman–Crippen MR) is 129 cm³/mol. The van der Waals surface area contributed by atoms with Gasteiger partial charge in [-0.2, -0.15) is 0 Å². The Morgan fingerprint density at radius 1 is 1.16 bits per heavy atom. The third-order valence-electron chi connectivity index (χ3n) is 6.35. The molecule has 1 amide bonds. The molecule has 6 nitrogen and oxygen atoms in total. The zero-order chi connectivity index (χ0) is 22.2. The van der Waals surface area contributed by atoms with Gasteiger partial charge in [0.15, 0.2) is 10.7 Å². The fourth-order valence-corrected chi connectivity index (χ4v) is 5.54. The van der Waals surface area contributed by atoms with Gasteiger partial charge < -0.3 is 10.2 Å². The van der Waals surface area contributed by atoms with Crippen LogP contribution in [0.25, 0.3) is 26.4 Å². The number of ketones is 1. The first-order chi connectivity index (χ1) is 15.5. The third kappa shape index (κ3) is 3.94. The van der Waals surface area contributed by atoms with Gasteiger partial charge in [0, 0.05) is 42.9 Å². The first kappa shape index (κ1) is 20.8. The molecule has 164 valence electrons. The van der Waals surface area contributed by atoms with E-state index < -0.39 is 0 Å². The Morgan fingerprint density at radius 2 is 1.94 bits per heavy atom. The van der Waals surface area contributed by atoms with E-state index >= 15 is 0 Å². The molecule has 0 bridgehead atoms. The summed E-state index contributed by atoms with van der Waals surface area (Å²) in [7, 11) is 3.77. The molecule has 1 aliphatic heterocycles. The van der Waals surface area contributed by atoms with Crippen molar-refractivity contribution >= 4 is 38.2 Å². The minimum atomic E-state index is -0.103. The number of nitrogens with one attached hydrogen (secondary N) is 1. The molecule has 2 aromatic heterocycles. The van der Waals surface area contributed by atoms with Crippen LogP contribution in [0.3, 0.4) is 0 Å². The Kier molecular flexibility index (Phi) is 5.53. The maximum Gasteiger partial charge on any atom is 0.251 e. The second-order valence-corrected chi connectivity index (χ2v) is 9.61. The molecule has 4 aromatic rings. The van der Waals surface area contributed by atoms with E-state index in [0.29, 0.717) is 17.9 Å². The van der Waals surface area contributed by atoms with Crippen LogP contribution in [0.4, 0.5) is 0 Å². The van der Waals surface area contributed by atoms with Crippen molar-refractivity contribution in [1.29, 1.82) is 0 Å². The zero-order valence-electron chi connectivity index (χ0n) is 18.3. The molecule has 1 saturated heterocycles. The van der Waals surface area contributed by atoms with Crippen LogP contribution in [0, 0.1) is 5.92 Å². The van der Waals surface area contributed by atoms with Crippen LogP contribution in [0.2, 0.25) is 0 Å². The van der Waals surface area contributed by atoms with Gasteiger partial charge in [-0.25, -0.2) is 4.98 Å². The smallest absolute Gasteiger partial charge is 0.251 e. The Morgan fingerprint density at radius 3 is 2.66 bits per heavy atom. The average Bonchev–Trinajstić information content (AvgIpc) is 3.50. The lowest BCUT2D eigenvalue weighted by Crippen LogP contribution is -2.17. The number of benzene rings is 2. The highest BCUT2D eigenvalue weighted by Gasteiger charge is 2.21. The van der Waals surface area contributed by atoms with E-state index in [1.807, 2.05) is 36.5 Å². The SMILES string of the molecule is CNC(=O)c1ccc(-c2cn3c(n2)sc2cc(C(=O)CCC4CCN(C)C4)ccc23)cc1. The van der Waals surface area contributed by atoms with E-state index in [9.17, 15) is 9.59 Å². The topological polar surface area (TPSA) is 66.7 Å². The van der Waals surface area contributed by atoms with Crippen molar-refractivity contribution in [2.75, 3.05) is 27.2 Å². The Hall–Kier alpha value is -3.03. The molecular weight excluding hydrogens is 420 g/mol. The third-order valence-corrected chi connectivity index (χ3v) is 7.37. The van der Waals surface area contributed by atoms with Crippen LogP contribution in [-0.4, -0.2) is 53.2 Å². The summed E-state index contributed by atoms with van der Waals surface area (Å²) < 4.78 is 3.14. The van der Waals surface area contributed by atoms with Crippen LogP contribution in [0.5, 0.6) is 0 Å². The van der Waals surface area contributed by atoms with Gasteiger partial charge >= 0.3 is 0 Å². The van der Waals surface area contributed by atoms with Gasteiger partial charge in [0.05, 0.1) is 15.9 Å². The monoisotopic (exact) mass is 446 g/mol. The van der Waals surface area contributed by atoms with Crippen LogP contribution < -0.4 is 5.32 Å². The number of hydrogen-bond acceptors (Lipinski definition) is 5. The zero-order valence-corrected chi connectivity index (χ0v) is 19.1. The highest BCUT2D eigenvalue weighted by atomic mass is 32.1. The van der Waals surface area contributed by atoms with Crippen LogP contribution >= 0.6 is 11.3 Å². The summed E-state index contributed by atoms with van der Waals surface area (Å²) in [5, 5.41) is 2.63. The molecule has 7 heteroatoms. The first-order valence-electron chi connectivity index (χ1n) is 11.0. The second kappa shape index (κ2) is 8.48. The van der Waals surface area contributed by atoms with Gasteiger partial charge in [0.25, 0.3) is 5.91 Å². The summed E-state index contributed by atoms with van der Waals surface area (Å²) in [5.74, 6) is 0.764. The van der Waals surface area contributed by atoms with Crippen molar-refractivity contribution in [2.24, 2.45) is 5.92 Å². The van der Waals surface area contributed by atoms with Gasteiger partial charge in [-0.05, 0) is 62.7 Å². The molecule has 1 atom stereocenters. The highest BCUT2D eigenvalue weighted by molar-refractivity contribution is 7.23. The molecule has 1 N–H and O–H groups in total. The van der Waals surface area contributed by atoms with E-state index in [2.05, 4.69) is 21.7 Å². The number of hydrogen-bond donors (Lipinski definition) is 1. The maximum absolute atomic E-state index is 12.8. The quantitative estimate of drug-likeness (QED) is 0.443. The summed E-state index contributed by atoms with van der Waals surface area (Å²) in [5.41, 5.74) is 4.30. The largest absolute Gasteiger partial charge is 0.355 e. The molecule has 32 heavy (non-hydrogen) atoms. The summed E-state index contributed by atoms with van der Waals surface area (Å²) in [6.07, 6.45) is 4.79. The number of imidazole rings is 1. The molecule has 0 spiro atoms. The molecule has 1 unspecified atom stereocenters. The number of fused-ring (bicyclic) bond motifs is 3. The minimum Gasteiger partial charge on any atom is -0.355 e. The van der Waals surface area contributed by atoms with Gasteiger partial charge in [-0.3, -0.25) is 14.0 Å². The predicted octanol–water partition coefficient (Wildman–Crippen LogP) is 4.49. The number of rotatable bonds is 6. The Labute approximate surface area is 190 Å². The van der Waals surface area contributed by atoms with Crippen LogP contribution in [-0.2, 0) is 0 Å². The van der Waals surface area contributed by atoms with Crippen molar-refractivity contribution < 1.29 is 9.59 Å². The van der Waals surface area contributed by atoms with E-state index in [-0.39, 0.29) is 11.7 Å². The molecule has 1 aliphatic rings. The maximum atomic E-state index is 12.8. The van der Waals surface area contributed by atoms with E-state index in [1.54, 1.807) is 30.5 Å². The molecule has 2 aromatic carbocycles.